The molecule has 1 aliphatic rings. The maximum Gasteiger partial charge on any atom is 0.434 e. The van der Waals surface area contributed by atoms with Gasteiger partial charge in [0.15, 0.2) is 0 Å². The van der Waals surface area contributed by atoms with E-state index in [9.17, 15) is 9.59 Å². The van der Waals surface area contributed by atoms with Crippen LogP contribution in [0.5, 0.6) is 0 Å². The molecule has 1 aromatic heterocycles. The van der Waals surface area contributed by atoms with Crippen LogP contribution in [0.2, 0.25) is 0 Å². The first-order chi connectivity index (χ1) is 13.1. The summed E-state index contributed by atoms with van der Waals surface area (Å²) in [6.07, 6.45) is 1.83. The van der Waals surface area contributed by atoms with Crippen molar-refractivity contribution in [1.29, 1.82) is 0 Å². The molecule has 0 unspecified atom stereocenters. The lowest BCUT2D eigenvalue weighted by Gasteiger charge is -2.21. The average Bonchev–Trinajstić information content (AvgIpc) is 3.27. The fourth-order valence-electron chi connectivity index (χ4n) is 3.39. The second-order valence-corrected chi connectivity index (χ2v) is 6.30. The van der Waals surface area contributed by atoms with Crippen LogP contribution in [-0.4, -0.2) is 35.6 Å². The summed E-state index contributed by atoms with van der Waals surface area (Å²) in [5, 5.41) is 9.36. The smallest absolute Gasteiger partial charge is 0.434 e. The number of hydrogen-bond donors (Lipinski definition) is 2. The largest absolute Gasteiger partial charge is 0.451 e. The highest BCUT2D eigenvalue weighted by molar-refractivity contribution is 6.02. The molecular weight excluding hydrogens is 346 g/mol. The van der Waals surface area contributed by atoms with E-state index in [4.69, 9.17) is 4.74 Å². The van der Waals surface area contributed by atoms with Gasteiger partial charge in [0.1, 0.15) is 0 Å². The average molecular weight is 365 g/mol. The molecule has 27 heavy (non-hydrogen) atoms. The molecule has 2 N–H and O–H groups in total. The Hall–Kier alpha value is -3.55. The lowest BCUT2D eigenvalue weighted by atomic mass is 10.1. The highest BCUT2D eigenvalue weighted by Crippen LogP contribution is 2.29. The minimum atomic E-state index is -0.587. The highest BCUT2D eigenvalue weighted by atomic mass is 16.5. The summed E-state index contributed by atoms with van der Waals surface area (Å²) in [5.41, 5.74) is 7.48. The van der Waals surface area contributed by atoms with E-state index in [0.29, 0.717) is 16.6 Å². The molecule has 138 valence electrons. The zero-order valence-electron chi connectivity index (χ0n) is 15.0. The quantitative estimate of drug-likeness (QED) is 0.729. The van der Waals surface area contributed by atoms with Gasteiger partial charge in [-0.25, -0.2) is 15.0 Å². The van der Waals surface area contributed by atoms with Crippen LogP contribution in [0.25, 0.3) is 10.9 Å². The van der Waals surface area contributed by atoms with Crippen LogP contribution in [0, 0.1) is 6.92 Å². The third-order valence-electron chi connectivity index (χ3n) is 4.71. The first-order valence-electron chi connectivity index (χ1n) is 8.57. The van der Waals surface area contributed by atoms with Crippen LogP contribution in [0.4, 0.5) is 21.0 Å². The molecule has 8 nitrogen and oxygen atoms in total. The van der Waals surface area contributed by atoms with Gasteiger partial charge in [-0.1, -0.05) is 18.2 Å². The van der Waals surface area contributed by atoms with Gasteiger partial charge in [-0.05, 0) is 42.7 Å². The Bertz CT molecular complexity index is 1040. The second kappa shape index (κ2) is 6.64. The van der Waals surface area contributed by atoms with Gasteiger partial charge in [0.05, 0.1) is 30.2 Å². The van der Waals surface area contributed by atoms with Crippen molar-refractivity contribution >= 4 is 34.4 Å². The number of aryl methyl sites for hydroxylation is 1. The number of hydrogen-bond acceptors (Lipinski definition) is 5. The molecule has 0 saturated carbocycles. The summed E-state index contributed by atoms with van der Waals surface area (Å²) in [5.74, 6) is 0. The lowest BCUT2D eigenvalue weighted by Crippen LogP contribution is -2.43. The number of nitrogens with zero attached hydrogens (tertiary/aromatic N) is 3. The monoisotopic (exact) mass is 365 g/mol. The number of anilines is 2. The molecule has 0 bridgehead atoms. The number of rotatable bonds is 2. The molecule has 0 fully saturated rings. The number of urea groups is 1. The Labute approximate surface area is 155 Å². The normalized spacial score (nSPS) is 12.7. The van der Waals surface area contributed by atoms with Gasteiger partial charge in [-0.3, -0.25) is 5.01 Å². The van der Waals surface area contributed by atoms with Crippen LogP contribution in [0.3, 0.4) is 0 Å². The predicted molar refractivity (Wildman–Crippen MR) is 102 cm³/mol. The molecule has 0 saturated heterocycles. The van der Waals surface area contributed by atoms with Crippen molar-refractivity contribution in [2.24, 2.45) is 0 Å². The van der Waals surface area contributed by atoms with Crippen molar-refractivity contribution in [3.63, 3.8) is 0 Å². The molecule has 0 aliphatic carbocycles. The van der Waals surface area contributed by atoms with E-state index in [0.717, 1.165) is 23.3 Å². The fraction of sp³-hybridized carbons (Fsp3) is 0.211. The third kappa shape index (κ3) is 2.95. The van der Waals surface area contributed by atoms with E-state index >= 15 is 0 Å². The number of amides is 2. The summed E-state index contributed by atoms with van der Waals surface area (Å²) < 4.78 is 5.86. The number of carbonyl (C=O) groups excluding carboxylic acids is 2. The van der Waals surface area contributed by atoms with E-state index in [1.165, 1.54) is 24.4 Å². The Kier molecular flexibility index (Phi) is 4.15. The van der Waals surface area contributed by atoms with Crippen LogP contribution >= 0.6 is 0 Å². The minimum Gasteiger partial charge on any atom is -0.451 e. The fourth-order valence-corrected chi connectivity index (χ4v) is 3.39. The molecule has 2 amide bonds. The van der Waals surface area contributed by atoms with Gasteiger partial charge >= 0.3 is 12.1 Å². The topological polar surface area (TPSA) is 88.5 Å². The number of methoxy groups -OCH3 is 1. The molecule has 8 heteroatoms. The summed E-state index contributed by atoms with van der Waals surface area (Å²) >= 11 is 0. The zero-order chi connectivity index (χ0) is 19.0. The van der Waals surface area contributed by atoms with Crippen molar-refractivity contribution in [3.8, 4) is 0 Å². The first-order valence-corrected chi connectivity index (χ1v) is 8.57. The number of ether oxygens (including phenoxy) is 1. The number of benzene rings is 2. The first kappa shape index (κ1) is 16.9. The van der Waals surface area contributed by atoms with Crippen LogP contribution in [0.1, 0.15) is 11.1 Å². The lowest BCUT2D eigenvalue weighted by molar-refractivity contribution is 0.170. The summed E-state index contributed by atoms with van der Waals surface area (Å²) in [4.78, 5) is 24.3. The van der Waals surface area contributed by atoms with Gasteiger partial charge in [-0.2, -0.15) is 9.78 Å². The molecular formula is C19H19N5O3. The summed E-state index contributed by atoms with van der Waals surface area (Å²) in [7, 11) is 1.29. The van der Waals surface area contributed by atoms with Gasteiger partial charge in [-0.15, -0.1) is 0 Å². The molecule has 2 heterocycles. The molecule has 3 aromatic rings. The van der Waals surface area contributed by atoms with E-state index in [-0.39, 0.29) is 6.03 Å². The molecule has 1 aliphatic heterocycles. The molecule has 0 radical (unpaired) electrons. The second-order valence-electron chi connectivity index (χ2n) is 6.30. The van der Waals surface area contributed by atoms with Crippen molar-refractivity contribution in [3.05, 3.63) is 53.7 Å². The molecule has 2 aromatic carbocycles. The summed E-state index contributed by atoms with van der Waals surface area (Å²) in [6, 6.07) is 10.9. The van der Waals surface area contributed by atoms with Crippen LogP contribution < -0.4 is 15.8 Å². The van der Waals surface area contributed by atoms with E-state index in [2.05, 4.69) is 28.8 Å². The van der Waals surface area contributed by atoms with Crippen molar-refractivity contribution < 1.29 is 14.3 Å². The number of aromatic nitrogens is 2. The molecule has 0 atom stereocenters. The zero-order valence-corrected chi connectivity index (χ0v) is 15.0. The van der Waals surface area contributed by atoms with Crippen molar-refractivity contribution in [1.82, 2.24) is 15.2 Å². The Morgan fingerprint density at radius 2 is 2.00 bits per heavy atom. The van der Waals surface area contributed by atoms with Crippen molar-refractivity contribution in [2.75, 3.05) is 24.0 Å². The molecule has 4 rings (SSSR count). The standard InChI is InChI=1S/C19H19N5O3/c1-12-5-3-7-16-13(12)9-10-23(16)22-18(25)21-15-6-4-8-17-14(15)11-20-24(17)19(26)27-2/h3-8,11H,9-10H2,1-2H3,(H2,21,22,25). The third-order valence-corrected chi connectivity index (χ3v) is 4.71. The summed E-state index contributed by atoms with van der Waals surface area (Å²) in [6.45, 7) is 2.79. The van der Waals surface area contributed by atoms with E-state index in [1.54, 1.807) is 18.2 Å². The van der Waals surface area contributed by atoms with E-state index in [1.807, 2.05) is 17.1 Å². The highest BCUT2D eigenvalue weighted by Gasteiger charge is 2.22. The van der Waals surface area contributed by atoms with Crippen LogP contribution in [-0.2, 0) is 11.2 Å². The maximum atomic E-state index is 12.5. The van der Waals surface area contributed by atoms with Gasteiger partial charge in [0.2, 0.25) is 0 Å². The van der Waals surface area contributed by atoms with Gasteiger partial charge < -0.3 is 10.1 Å². The predicted octanol–water partition coefficient (Wildman–Crippen LogP) is 3.06. The van der Waals surface area contributed by atoms with Gasteiger partial charge in [0, 0.05) is 11.9 Å². The Morgan fingerprint density at radius 1 is 1.19 bits per heavy atom. The molecule has 0 spiro atoms. The number of carbonyl (C=O) groups is 2. The Morgan fingerprint density at radius 3 is 2.81 bits per heavy atom. The number of nitrogens with one attached hydrogen (secondary N) is 2. The number of hydrazine groups is 1. The maximum absolute atomic E-state index is 12.5. The van der Waals surface area contributed by atoms with E-state index < -0.39 is 6.09 Å². The van der Waals surface area contributed by atoms with Crippen molar-refractivity contribution in [2.45, 2.75) is 13.3 Å². The minimum absolute atomic E-state index is 0.359. The Balaban J connectivity index is 1.54. The van der Waals surface area contributed by atoms with Gasteiger partial charge in [0.25, 0.3) is 0 Å². The SMILES string of the molecule is COC(=O)n1ncc2c(NC(=O)NN3CCc4c(C)cccc43)cccc21. The van der Waals surface area contributed by atoms with Crippen LogP contribution in [0.15, 0.2) is 42.6 Å². The number of fused-ring (bicyclic) bond motifs is 2.